The lowest BCUT2D eigenvalue weighted by Gasteiger charge is -2.05. The van der Waals surface area contributed by atoms with Gasteiger partial charge in [0.1, 0.15) is 5.82 Å². The number of carbonyl (C=O) groups excluding carboxylic acids is 2. The third kappa shape index (κ3) is 5.24. The molecule has 2 amide bonds. The zero-order valence-electron chi connectivity index (χ0n) is 15.0. The molecular formula is C20H17BrFN3O2S. The topological polar surface area (TPSA) is 71.1 Å². The van der Waals surface area contributed by atoms with Crippen molar-refractivity contribution in [3.8, 4) is 0 Å². The highest BCUT2D eigenvalue weighted by Crippen LogP contribution is 2.26. The highest BCUT2D eigenvalue weighted by molar-refractivity contribution is 9.10. The molecule has 0 spiro atoms. The van der Waals surface area contributed by atoms with E-state index in [2.05, 4.69) is 31.5 Å². The second kappa shape index (κ2) is 9.07. The molecule has 2 aromatic carbocycles. The Morgan fingerprint density at radius 2 is 1.96 bits per heavy atom. The molecule has 0 aliphatic carbocycles. The maximum atomic E-state index is 13.8. The van der Waals surface area contributed by atoms with Crippen LogP contribution < -0.4 is 10.6 Å². The van der Waals surface area contributed by atoms with Gasteiger partial charge in [0.05, 0.1) is 12.2 Å². The van der Waals surface area contributed by atoms with E-state index in [1.54, 1.807) is 36.4 Å². The number of nitrogens with one attached hydrogen (secondary N) is 2. The molecule has 1 aromatic heterocycles. The second-order valence-electron chi connectivity index (χ2n) is 6.04. The molecule has 0 bridgehead atoms. The monoisotopic (exact) mass is 461 g/mol. The van der Waals surface area contributed by atoms with Crippen molar-refractivity contribution >= 4 is 44.2 Å². The first-order chi connectivity index (χ1) is 13.4. The number of anilines is 1. The van der Waals surface area contributed by atoms with E-state index in [4.69, 9.17) is 0 Å². The normalized spacial score (nSPS) is 10.5. The summed E-state index contributed by atoms with van der Waals surface area (Å²) >= 11 is 4.60. The molecule has 0 atom stereocenters. The number of carbonyl (C=O) groups is 2. The summed E-state index contributed by atoms with van der Waals surface area (Å²) in [6.45, 7) is 1.64. The third-order valence-corrected chi connectivity index (χ3v) is 5.51. The predicted octanol–water partition coefficient (Wildman–Crippen LogP) is 4.31. The summed E-state index contributed by atoms with van der Waals surface area (Å²) in [5, 5.41) is 5.66. The molecule has 3 rings (SSSR count). The summed E-state index contributed by atoms with van der Waals surface area (Å²) < 4.78 is 14.6. The van der Waals surface area contributed by atoms with Crippen LogP contribution in [0, 0.1) is 12.7 Å². The molecule has 8 heteroatoms. The molecule has 28 heavy (non-hydrogen) atoms. The molecule has 0 fully saturated rings. The van der Waals surface area contributed by atoms with E-state index in [9.17, 15) is 14.0 Å². The summed E-state index contributed by atoms with van der Waals surface area (Å²) in [5.74, 6) is -0.988. The Kier molecular flexibility index (Phi) is 6.53. The van der Waals surface area contributed by atoms with Gasteiger partial charge in [-0.2, -0.15) is 0 Å². The smallest absolute Gasteiger partial charge is 0.251 e. The van der Waals surface area contributed by atoms with E-state index < -0.39 is 0 Å². The molecule has 1 heterocycles. The molecule has 0 unspecified atom stereocenters. The maximum absolute atomic E-state index is 13.8. The van der Waals surface area contributed by atoms with Crippen molar-refractivity contribution in [2.24, 2.45) is 0 Å². The van der Waals surface area contributed by atoms with Gasteiger partial charge in [-0.05, 0) is 36.8 Å². The molecule has 5 nitrogen and oxygen atoms in total. The molecular weight excluding hydrogens is 445 g/mol. The van der Waals surface area contributed by atoms with Gasteiger partial charge in [-0.15, -0.1) is 11.3 Å². The highest BCUT2D eigenvalue weighted by Gasteiger charge is 2.14. The summed E-state index contributed by atoms with van der Waals surface area (Å²) in [5.41, 5.74) is 1.77. The van der Waals surface area contributed by atoms with Crippen LogP contribution in [-0.4, -0.2) is 23.3 Å². The van der Waals surface area contributed by atoms with Crippen molar-refractivity contribution in [1.29, 1.82) is 0 Å². The Morgan fingerprint density at radius 1 is 1.18 bits per heavy atom. The summed E-state index contributed by atoms with van der Waals surface area (Å²) in [4.78, 5) is 29.4. The number of nitrogens with zero attached hydrogens (tertiary/aromatic N) is 1. The van der Waals surface area contributed by atoms with Gasteiger partial charge in [0.25, 0.3) is 5.91 Å². The Hall–Kier alpha value is -2.58. The largest absolute Gasteiger partial charge is 0.343 e. The van der Waals surface area contributed by atoms with Crippen LogP contribution in [0.1, 0.15) is 26.5 Å². The van der Waals surface area contributed by atoms with Crippen LogP contribution in [-0.2, 0) is 11.2 Å². The average molecular weight is 462 g/mol. The molecule has 3 aromatic rings. The zero-order valence-corrected chi connectivity index (χ0v) is 17.4. The summed E-state index contributed by atoms with van der Waals surface area (Å²) in [6, 6.07) is 13.5. The van der Waals surface area contributed by atoms with Crippen molar-refractivity contribution in [1.82, 2.24) is 10.3 Å². The second-order valence-corrected chi connectivity index (χ2v) is 8.04. The number of rotatable bonds is 6. The number of hydrogen-bond acceptors (Lipinski definition) is 4. The van der Waals surface area contributed by atoms with Gasteiger partial charge in [0.2, 0.25) is 5.91 Å². The lowest BCUT2D eigenvalue weighted by atomic mass is 10.1. The number of amides is 2. The van der Waals surface area contributed by atoms with Gasteiger partial charge < -0.3 is 10.6 Å². The van der Waals surface area contributed by atoms with Crippen LogP contribution in [0.15, 0.2) is 53.0 Å². The highest BCUT2D eigenvalue weighted by atomic mass is 79.9. The van der Waals surface area contributed by atoms with E-state index in [1.807, 2.05) is 13.0 Å². The molecule has 0 aliphatic rings. The lowest BCUT2D eigenvalue weighted by molar-refractivity contribution is -0.115. The van der Waals surface area contributed by atoms with Crippen LogP contribution >= 0.6 is 27.3 Å². The number of benzene rings is 2. The molecule has 0 saturated heterocycles. The van der Waals surface area contributed by atoms with Crippen LogP contribution in [0.3, 0.4) is 0 Å². The van der Waals surface area contributed by atoms with Crippen molar-refractivity contribution in [2.75, 3.05) is 11.9 Å². The van der Waals surface area contributed by atoms with Gasteiger partial charge in [-0.1, -0.05) is 40.2 Å². The van der Waals surface area contributed by atoms with Crippen molar-refractivity contribution < 1.29 is 14.0 Å². The molecule has 2 N–H and O–H groups in total. The van der Waals surface area contributed by atoms with E-state index in [-0.39, 0.29) is 24.2 Å². The fourth-order valence-corrected chi connectivity index (χ4v) is 3.92. The average Bonchev–Trinajstić information content (AvgIpc) is 3.00. The third-order valence-electron chi connectivity index (χ3n) is 3.94. The number of aromatic nitrogens is 1. The van der Waals surface area contributed by atoms with Crippen LogP contribution in [0.5, 0.6) is 0 Å². The maximum Gasteiger partial charge on any atom is 0.251 e. The van der Waals surface area contributed by atoms with Crippen molar-refractivity contribution in [2.45, 2.75) is 13.3 Å². The minimum atomic E-state index is -0.380. The molecule has 0 radical (unpaired) electrons. The first-order valence-electron chi connectivity index (χ1n) is 8.45. The first-order valence-corrected chi connectivity index (χ1v) is 10.1. The van der Waals surface area contributed by atoms with Crippen LogP contribution in [0.2, 0.25) is 0 Å². The van der Waals surface area contributed by atoms with E-state index in [0.717, 1.165) is 15.0 Å². The van der Waals surface area contributed by atoms with Gasteiger partial charge in [-0.25, -0.2) is 9.37 Å². The standard InChI is InChI=1S/C20H17BrFN3O2S/c1-12-17(10-13-5-2-3-8-16(13)22)28-20(24-12)25-18(26)11-23-19(27)14-6-4-7-15(21)9-14/h2-9H,10-11H2,1H3,(H,23,27)(H,24,25,26). The van der Waals surface area contributed by atoms with Gasteiger partial charge >= 0.3 is 0 Å². The van der Waals surface area contributed by atoms with E-state index in [0.29, 0.717) is 22.7 Å². The zero-order chi connectivity index (χ0) is 20.1. The Balaban J connectivity index is 1.57. The lowest BCUT2D eigenvalue weighted by Crippen LogP contribution is -2.32. The Labute approximate surface area is 174 Å². The predicted molar refractivity (Wildman–Crippen MR) is 111 cm³/mol. The van der Waals surface area contributed by atoms with Gasteiger partial charge in [-0.3, -0.25) is 9.59 Å². The van der Waals surface area contributed by atoms with Crippen molar-refractivity contribution in [3.63, 3.8) is 0 Å². The van der Waals surface area contributed by atoms with E-state index >= 15 is 0 Å². The van der Waals surface area contributed by atoms with Crippen LogP contribution in [0.25, 0.3) is 0 Å². The SMILES string of the molecule is Cc1nc(NC(=O)CNC(=O)c2cccc(Br)c2)sc1Cc1ccccc1F. The minimum Gasteiger partial charge on any atom is -0.343 e. The molecule has 0 aliphatic heterocycles. The number of thiazole rings is 1. The molecule has 144 valence electrons. The first kappa shape index (κ1) is 20.2. The Morgan fingerprint density at radius 3 is 2.71 bits per heavy atom. The van der Waals surface area contributed by atoms with E-state index in [1.165, 1.54) is 17.4 Å². The molecule has 0 saturated carbocycles. The number of halogens is 2. The van der Waals surface area contributed by atoms with Crippen molar-refractivity contribution in [3.05, 3.63) is 80.5 Å². The summed E-state index contributed by atoms with van der Waals surface area (Å²) in [6.07, 6.45) is 0.408. The number of hydrogen-bond donors (Lipinski definition) is 2. The summed E-state index contributed by atoms with van der Waals surface area (Å²) in [7, 11) is 0. The van der Waals surface area contributed by atoms with Crippen LogP contribution in [0.4, 0.5) is 9.52 Å². The quantitative estimate of drug-likeness (QED) is 0.574. The fraction of sp³-hybridized carbons (Fsp3) is 0.150. The fourth-order valence-electron chi connectivity index (χ4n) is 2.52. The Bertz CT molecular complexity index is 1020. The number of aryl methyl sites for hydroxylation is 1. The minimum absolute atomic E-state index is 0.174. The van der Waals surface area contributed by atoms with Gasteiger partial charge in [0.15, 0.2) is 5.13 Å². The van der Waals surface area contributed by atoms with Gasteiger partial charge in [0, 0.05) is 21.3 Å².